The molecular formula is C16H11FO2. The second-order valence-electron chi connectivity index (χ2n) is 4.32. The fourth-order valence-electron chi connectivity index (χ4n) is 2.18. The molecule has 2 aromatic rings. The third kappa shape index (κ3) is 2.15. The molecule has 0 atom stereocenters. The maximum atomic E-state index is 13.9. The van der Waals surface area contributed by atoms with Crippen molar-refractivity contribution in [3.8, 4) is 0 Å². The van der Waals surface area contributed by atoms with E-state index in [1.165, 1.54) is 12.1 Å². The SMILES string of the molecule is O=C1OC/C(=C\c2ccccc2)c2c(F)cccc21. The van der Waals surface area contributed by atoms with Gasteiger partial charge in [0.2, 0.25) is 0 Å². The van der Waals surface area contributed by atoms with Gasteiger partial charge in [-0.1, -0.05) is 36.4 Å². The number of hydrogen-bond donors (Lipinski definition) is 0. The van der Waals surface area contributed by atoms with Gasteiger partial charge in [0, 0.05) is 11.1 Å². The summed E-state index contributed by atoms with van der Waals surface area (Å²) in [5, 5.41) is 0. The molecule has 1 aliphatic heterocycles. The molecule has 0 bridgehead atoms. The number of carbonyl (C=O) groups is 1. The van der Waals surface area contributed by atoms with Crippen LogP contribution in [0.15, 0.2) is 48.5 Å². The molecule has 0 unspecified atom stereocenters. The van der Waals surface area contributed by atoms with Crippen LogP contribution in [0.3, 0.4) is 0 Å². The quantitative estimate of drug-likeness (QED) is 0.728. The van der Waals surface area contributed by atoms with Crippen molar-refractivity contribution in [1.29, 1.82) is 0 Å². The van der Waals surface area contributed by atoms with Crippen LogP contribution in [0.4, 0.5) is 4.39 Å². The number of fused-ring (bicyclic) bond motifs is 1. The van der Waals surface area contributed by atoms with Crippen LogP contribution in [-0.2, 0) is 4.74 Å². The van der Waals surface area contributed by atoms with E-state index in [1.54, 1.807) is 6.07 Å². The number of ether oxygens (including phenoxy) is 1. The number of halogens is 1. The summed E-state index contributed by atoms with van der Waals surface area (Å²) in [6.45, 7) is 0.0989. The average Bonchev–Trinajstić information content (AvgIpc) is 2.43. The lowest BCUT2D eigenvalue weighted by Gasteiger charge is -2.19. The maximum Gasteiger partial charge on any atom is 0.339 e. The van der Waals surface area contributed by atoms with Crippen LogP contribution in [0, 0.1) is 5.82 Å². The molecule has 0 saturated carbocycles. The van der Waals surface area contributed by atoms with Crippen LogP contribution in [0.25, 0.3) is 11.6 Å². The number of hydrogen-bond acceptors (Lipinski definition) is 2. The first kappa shape index (κ1) is 11.7. The third-order valence-electron chi connectivity index (χ3n) is 3.05. The lowest BCUT2D eigenvalue weighted by atomic mass is 9.95. The van der Waals surface area contributed by atoms with E-state index in [-0.39, 0.29) is 12.2 Å². The normalized spacial score (nSPS) is 16.1. The van der Waals surface area contributed by atoms with Crippen LogP contribution >= 0.6 is 0 Å². The average molecular weight is 254 g/mol. The molecular weight excluding hydrogens is 243 g/mol. The van der Waals surface area contributed by atoms with E-state index < -0.39 is 11.8 Å². The predicted octanol–water partition coefficient (Wildman–Crippen LogP) is 3.54. The van der Waals surface area contributed by atoms with Crippen molar-refractivity contribution in [3.05, 3.63) is 71.0 Å². The summed E-state index contributed by atoms with van der Waals surface area (Å²) in [5.74, 6) is -0.865. The molecule has 19 heavy (non-hydrogen) atoms. The monoisotopic (exact) mass is 254 g/mol. The zero-order valence-corrected chi connectivity index (χ0v) is 10.1. The smallest absolute Gasteiger partial charge is 0.339 e. The highest BCUT2D eigenvalue weighted by atomic mass is 19.1. The van der Waals surface area contributed by atoms with Crippen molar-refractivity contribution in [2.75, 3.05) is 6.61 Å². The zero-order valence-electron chi connectivity index (χ0n) is 10.1. The summed E-state index contributed by atoms with van der Waals surface area (Å²) < 4.78 is 19.0. The fourth-order valence-corrected chi connectivity index (χ4v) is 2.18. The van der Waals surface area contributed by atoms with E-state index in [1.807, 2.05) is 36.4 Å². The summed E-state index contributed by atoms with van der Waals surface area (Å²) in [7, 11) is 0. The molecule has 0 fully saturated rings. The van der Waals surface area contributed by atoms with Gasteiger partial charge in [0.15, 0.2) is 0 Å². The van der Waals surface area contributed by atoms with Crippen LogP contribution in [0.5, 0.6) is 0 Å². The van der Waals surface area contributed by atoms with Gasteiger partial charge < -0.3 is 4.74 Å². The number of cyclic esters (lactones) is 1. The first-order chi connectivity index (χ1) is 9.25. The number of carbonyl (C=O) groups excluding carboxylic acids is 1. The first-order valence-electron chi connectivity index (χ1n) is 5.97. The Labute approximate surface area is 110 Å². The Balaban J connectivity index is 2.14. The minimum absolute atomic E-state index is 0.0989. The van der Waals surface area contributed by atoms with E-state index in [4.69, 9.17) is 4.74 Å². The van der Waals surface area contributed by atoms with Gasteiger partial charge in [-0.25, -0.2) is 9.18 Å². The Morgan fingerprint density at radius 2 is 1.84 bits per heavy atom. The summed E-state index contributed by atoms with van der Waals surface area (Å²) >= 11 is 0. The van der Waals surface area contributed by atoms with Crippen molar-refractivity contribution in [3.63, 3.8) is 0 Å². The van der Waals surface area contributed by atoms with E-state index in [9.17, 15) is 9.18 Å². The zero-order chi connectivity index (χ0) is 13.2. The summed E-state index contributed by atoms with van der Waals surface area (Å²) in [6, 6.07) is 14.0. The number of rotatable bonds is 1. The van der Waals surface area contributed by atoms with Gasteiger partial charge in [0.25, 0.3) is 0 Å². The highest BCUT2D eigenvalue weighted by molar-refractivity contribution is 6.01. The Morgan fingerprint density at radius 1 is 1.05 bits per heavy atom. The molecule has 0 amide bonds. The molecule has 0 aliphatic carbocycles. The molecule has 0 saturated heterocycles. The lowest BCUT2D eigenvalue weighted by Crippen LogP contribution is -2.18. The second-order valence-corrected chi connectivity index (χ2v) is 4.32. The topological polar surface area (TPSA) is 26.3 Å². The van der Waals surface area contributed by atoms with Crippen molar-refractivity contribution >= 4 is 17.6 Å². The van der Waals surface area contributed by atoms with Crippen molar-refractivity contribution in [2.24, 2.45) is 0 Å². The van der Waals surface area contributed by atoms with Crippen molar-refractivity contribution in [1.82, 2.24) is 0 Å². The molecule has 0 spiro atoms. The van der Waals surface area contributed by atoms with Gasteiger partial charge in [-0.15, -0.1) is 0 Å². The van der Waals surface area contributed by atoms with E-state index in [0.717, 1.165) is 5.56 Å². The molecule has 3 heteroatoms. The molecule has 94 valence electrons. The van der Waals surface area contributed by atoms with Gasteiger partial charge in [0.05, 0.1) is 5.56 Å². The van der Waals surface area contributed by atoms with E-state index in [2.05, 4.69) is 0 Å². The highest BCUT2D eigenvalue weighted by Gasteiger charge is 2.25. The molecule has 1 heterocycles. The molecule has 2 aromatic carbocycles. The molecule has 2 nitrogen and oxygen atoms in total. The van der Waals surface area contributed by atoms with E-state index in [0.29, 0.717) is 11.1 Å². The molecule has 3 rings (SSSR count). The molecule has 1 aliphatic rings. The predicted molar refractivity (Wildman–Crippen MR) is 71.0 cm³/mol. The molecule has 0 radical (unpaired) electrons. The largest absolute Gasteiger partial charge is 0.457 e. The minimum atomic E-state index is -0.472. The first-order valence-corrected chi connectivity index (χ1v) is 5.97. The van der Waals surface area contributed by atoms with Crippen LogP contribution < -0.4 is 0 Å². The second kappa shape index (κ2) is 4.69. The minimum Gasteiger partial charge on any atom is -0.457 e. The van der Waals surface area contributed by atoms with Gasteiger partial charge in [0.1, 0.15) is 12.4 Å². The fraction of sp³-hybridized carbons (Fsp3) is 0.0625. The highest BCUT2D eigenvalue weighted by Crippen LogP contribution is 2.29. The van der Waals surface area contributed by atoms with Gasteiger partial charge in [-0.05, 0) is 23.8 Å². The Morgan fingerprint density at radius 3 is 2.63 bits per heavy atom. The third-order valence-corrected chi connectivity index (χ3v) is 3.05. The summed E-state index contributed by atoms with van der Waals surface area (Å²) in [6.07, 6.45) is 1.84. The summed E-state index contributed by atoms with van der Waals surface area (Å²) in [5.41, 5.74) is 2.26. The van der Waals surface area contributed by atoms with Crippen LogP contribution in [-0.4, -0.2) is 12.6 Å². The number of benzene rings is 2. The van der Waals surface area contributed by atoms with E-state index >= 15 is 0 Å². The van der Waals surface area contributed by atoms with Crippen molar-refractivity contribution in [2.45, 2.75) is 0 Å². The molecule has 0 aromatic heterocycles. The maximum absolute atomic E-state index is 13.9. The summed E-state index contributed by atoms with van der Waals surface area (Å²) in [4.78, 5) is 11.6. The number of esters is 1. The Bertz CT molecular complexity index is 660. The van der Waals surface area contributed by atoms with Gasteiger partial charge in [-0.2, -0.15) is 0 Å². The lowest BCUT2D eigenvalue weighted by molar-refractivity contribution is 0.0542. The van der Waals surface area contributed by atoms with Gasteiger partial charge >= 0.3 is 5.97 Å². The van der Waals surface area contributed by atoms with Crippen LogP contribution in [0.1, 0.15) is 21.5 Å². The Kier molecular flexibility index (Phi) is 2.88. The Hall–Kier alpha value is -2.42. The molecule has 0 N–H and O–H groups in total. The van der Waals surface area contributed by atoms with Crippen LogP contribution in [0.2, 0.25) is 0 Å². The standard InChI is InChI=1S/C16H11FO2/c17-14-8-4-7-13-15(14)12(10-19-16(13)18)9-11-5-2-1-3-6-11/h1-9H,10H2/b12-9+. The van der Waals surface area contributed by atoms with Gasteiger partial charge in [-0.3, -0.25) is 0 Å². The van der Waals surface area contributed by atoms with Crippen molar-refractivity contribution < 1.29 is 13.9 Å².